The molecule has 2 aliphatic rings. The lowest BCUT2D eigenvalue weighted by Crippen LogP contribution is -3.00. The maximum absolute atomic E-state index is 6.22. The van der Waals surface area contributed by atoms with Crippen LogP contribution in [0.25, 0.3) is 22.3 Å². The minimum absolute atomic E-state index is 0. The van der Waals surface area contributed by atoms with Gasteiger partial charge in [-0.3, -0.25) is 0 Å². The van der Waals surface area contributed by atoms with Gasteiger partial charge in [-0.25, -0.2) is 4.58 Å². The van der Waals surface area contributed by atoms with E-state index in [0.717, 1.165) is 30.9 Å². The summed E-state index contributed by atoms with van der Waals surface area (Å²) in [5.41, 5.74) is 4.83. The van der Waals surface area contributed by atoms with Crippen LogP contribution < -0.4 is 22.3 Å². The fraction of sp³-hybridized carbons (Fsp3) is 0.350. The van der Waals surface area contributed by atoms with Crippen molar-refractivity contribution in [3.8, 4) is 11.3 Å². The maximum atomic E-state index is 6.22. The van der Waals surface area contributed by atoms with Crippen LogP contribution >= 0.6 is 0 Å². The average molecular weight is 330 g/mol. The molecule has 0 atom stereocenters. The summed E-state index contributed by atoms with van der Waals surface area (Å²) in [6.45, 7) is 10.7. The summed E-state index contributed by atoms with van der Waals surface area (Å²) >= 11 is 0. The fourth-order valence-electron chi connectivity index (χ4n) is 3.24. The van der Waals surface area contributed by atoms with Gasteiger partial charge in [0.1, 0.15) is 24.4 Å². The van der Waals surface area contributed by atoms with E-state index in [4.69, 9.17) is 4.42 Å². The third-order valence-corrected chi connectivity index (χ3v) is 4.45. The highest BCUT2D eigenvalue weighted by molar-refractivity contribution is 5.88. The molecule has 1 aliphatic heterocycles. The molecule has 1 heterocycles. The predicted octanol–water partition coefficient (Wildman–Crippen LogP) is 1.22. The third kappa shape index (κ3) is 3.13. The zero-order chi connectivity index (χ0) is 15.7. The number of benzene rings is 2. The van der Waals surface area contributed by atoms with Gasteiger partial charge >= 0.3 is 0 Å². The van der Waals surface area contributed by atoms with Gasteiger partial charge in [-0.2, -0.15) is 0 Å². The first-order chi connectivity index (χ1) is 10.7. The van der Waals surface area contributed by atoms with Gasteiger partial charge < -0.3 is 16.8 Å². The molecule has 23 heavy (non-hydrogen) atoms. The Labute approximate surface area is 144 Å². The Hall–Kier alpha value is -1.80. The van der Waals surface area contributed by atoms with E-state index < -0.39 is 0 Å². The number of fused-ring (bicyclic) bond motifs is 2. The van der Waals surface area contributed by atoms with Crippen molar-refractivity contribution in [3.05, 3.63) is 52.9 Å². The molecule has 2 nitrogen and oxygen atoms in total. The monoisotopic (exact) mass is 329 g/mol. The van der Waals surface area contributed by atoms with E-state index in [1.807, 2.05) is 0 Å². The van der Waals surface area contributed by atoms with E-state index in [2.05, 4.69) is 68.7 Å². The van der Waals surface area contributed by atoms with Crippen molar-refractivity contribution in [1.29, 1.82) is 0 Å². The highest BCUT2D eigenvalue weighted by Gasteiger charge is 2.15. The van der Waals surface area contributed by atoms with Crippen LogP contribution in [-0.4, -0.2) is 13.1 Å². The second-order valence-electron chi connectivity index (χ2n) is 5.79. The fourth-order valence-corrected chi connectivity index (χ4v) is 3.24. The second kappa shape index (κ2) is 7.18. The molecule has 0 saturated carbocycles. The Morgan fingerprint density at radius 1 is 0.957 bits per heavy atom. The molecule has 0 saturated heterocycles. The van der Waals surface area contributed by atoms with E-state index in [-0.39, 0.29) is 12.4 Å². The van der Waals surface area contributed by atoms with Crippen molar-refractivity contribution in [2.45, 2.75) is 34.1 Å². The van der Waals surface area contributed by atoms with E-state index in [0.29, 0.717) is 0 Å². The molecule has 1 aromatic rings. The minimum atomic E-state index is 0. The predicted molar refractivity (Wildman–Crippen MR) is 93.3 cm³/mol. The number of hydrogen-bond acceptors (Lipinski definition) is 1. The Morgan fingerprint density at radius 3 is 2.35 bits per heavy atom. The Balaban J connectivity index is 0.00000192. The first-order valence-electron chi connectivity index (χ1n) is 8.22. The summed E-state index contributed by atoms with van der Waals surface area (Å²) in [7, 11) is 0. The van der Waals surface area contributed by atoms with E-state index >= 15 is 0 Å². The molecule has 0 N–H and O–H groups in total. The molecule has 0 amide bonds. The van der Waals surface area contributed by atoms with Crippen molar-refractivity contribution in [1.82, 2.24) is 4.58 Å². The van der Waals surface area contributed by atoms with Gasteiger partial charge in [0.15, 0.2) is 0 Å². The number of halogens is 1. The molecule has 3 heteroatoms. The van der Waals surface area contributed by atoms with Crippen molar-refractivity contribution in [3.63, 3.8) is 0 Å². The highest BCUT2D eigenvalue weighted by Crippen LogP contribution is 2.33. The molecule has 1 aliphatic carbocycles. The molecular formula is C20H24ClNO. The van der Waals surface area contributed by atoms with Crippen LogP contribution in [0.3, 0.4) is 0 Å². The zero-order valence-corrected chi connectivity index (χ0v) is 15.1. The minimum Gasteiger partial charge on any atom is -1.00 e. The van der Waals surface area contributed by atoms with Crippen molar-refractivity contribution in [2.24, 2.45) is 0 Å². The van der Waals surface area contributed by atoms with E-state index in [9.17, 15) is 0 Å². The average Bonchev–Trinajstić information content (AvgIpc) is 2.53. The van der Waals surface area contributed by atoms with Crippen LogP contribution in [-0.2, 0) is 6.42 Å². The normalized spacial score (nSPS) is 10.8. The first kappa shape index (κ1) is 17.6. The lowest BCUT2D eigenvalue weighted by atomic mass is 9.97. The molecule has 0 radical (unpaired) electrons. The van der Waals surface area contributed by atoms with Crippen LogP contribution in [0, 0.1) is 6.92 Å². The van der Waals surface area contributed by atoms with Gasteiger partial charge in [-0.05, 0) is 50.5 Å². The maximum Gasteiger partial charge on any atom is 0.203 e. The SMILES string of the molecule is CCc1c2ccc(=[N+](CC)CC)cc-2oc2cc(C)ccc12.[Cl-]. The van der Waals surface area contributed by atoms with Gasteiger partial charge in [0, 0.05) is 17.0 Å². The van der Waals surface area contributed by atoms with Gasteiger partial charge in [-0.1, -0.05) is 19.1 Å². The smallest absolute Gasteiger partial charge is 0.203 e. The Bertz CT molecular complexity index is 857. The zero-order valence-electron chi connectivity index (χ0n) is 14.3. The molecule has 0 bridgehead atoms. The summed E-state index contributed by atoms with van der Waals surface area (Å²) < 4.78 is 8.57. The largest absolute Gasteiger partial charge is 1.00 e. The molecule has 0 fully saturated rings. The van der Waals surface area contributed by atoms with Crippen molar-refractivity contribution < 1.29 is 16.8 Å². The molecule has 0 spiro atoms. The van der Waals surface area contributed by atoms with E-state index in [1.54, 1.807) is 0 Å². The van der Waals surface area contributed by atoms with Gasteiger partial charge in [0.25, 0.3) is 0 Å². The molecule has 3 rings (SSSR count). The van der Waals surface area contributed by atoms with Crippen molar-refractivity contribution in [2.75, 3.05) is 13.1 Å². The summed E-state index contributed by atoms with van der Waals surface area (Å²) in [6, 6.07) is 13.1. The molecular weight excluding hydrogens is 306 g/mol. The summed E-state index contributed by atoms with van der Waals surface area (Å²) in [6.07, 6.45) is 1.01. The van der Waals surface area contributed by atoms with Crippen LogP contribution in [0.4, 0.5) is 0 Å². The highest BCUT2D eigenvalue weighted by atomic mass is 35.5. The first-order valence-corrected chi connectivity index (χ1v) is 8.22. The molecule has 0 aromatic heterocycles. The standard InChI is InChI=1S/C20H24NO.ClH/c1-5-16-17-10-8-14(4)12-19(17)22-20-13-15(9-11-18(16)20)21(6-2)7-3;/h8-13H,5-7H2,1-4H3;1H/q+1;/p-1. The Morgan fingerprint density at radius 2 is 1.70 bits per heavy atom. The number of aryl methyl sites for hydroxylation is 2. The molecule has 122 valence electrons. The van der Waals surface area contributed by atoms with Crippen molar-refractivity contribution >= 4 is 11.0 Å². The quantitative estimate of drug-likeness (QED) is 0.521. The lowest BCUT2D eigenvalue weighted by molar-refractivity contribution is -0.00000517. The second-order valence-corrected chi connectivity index (χ2v) is 5.79. The van der Waals surface area contributed by atoms with Gasteiger partial charge in [0.05, 0.1) is 6.07 Å². The lowest BCUT2D eigenvalue weighted by Gasteiger charge is -2.13. The summed E-state index contributed by atoms with van der Waals surface area (Å²) in [5.74, 6) is 0.986. The summed E-state index contributed by atoms with van der Waals surface area (Å²) in [4.78, 5) is 0. The number of hydrogen-bond donors (Lipinski definition) is 0. The Kier molecular flexibility index (Phi) is 5.48. The van der Waals surface area contributed by atoms with Crippen LogP contribution in [0.5, 0.6) is 0 Å². The van der Waals surface area contributed by atoms with Crippen LogP contribution in [0.1, 0.15) is 31.9 Å². The topological polar surface area (TPSA) is 16.1 Å². The van der Waals surface area contributed by atoms with Gasteiger partial charge in [0.2, 0.25) is 5.36 Å². The van der Waals surface area contributed by atoms with Crippen LogP contribution in [0.15, 0.2) is 40.8 Å². The number of nitrogens with zero attached hydrogens (tertiary/aromatic N) is 1. The van der Waals surface area contributed by atoms with Gasteiger partial charge in [-0.15, -0.1) is 0 Å². The third-order valence-electron chi connectivity index (χ3n) is 4.45. The van der Waals surface area contributed by atoms with Crippen LogP contribution in [0.2, 0.25) is 0 Å². The molecule has 1 aromatic carbocycles. The van der Waals surface area contributed by atoms with E-state index in [1.165, 1.54) is 27.4 Å². The molecule has 0 unspecified atom stereocenters. The summed E-state index contributed by atoms with van der Waals surface area (Å²) in [5, 5.41) is 2.46. The number of rotatable bonds is 3.